The Kier molecular flexibility index (Phi) is 3.95. The van der Waals surface area contributed by atoms with Gasteiger partial charge in [-0.05, 0) is 17.9 Å². The van der Waals surface area contributed by atoms with Crippen LogP contribution in [0.25, 0.3) is 0 Å². The summed E-state index contributed by atoms with van der Waals surface area (Å²) in [7, 11) is 0. The molecule has 0 fully saturated rings. The normalized spacial score (nSPS) is 13.3. The maximum absolute atomic E-state index is 6.14. The van der Waals surface area contributed by atoms with Crippen LogP contribution in [0.2, 0.25) is 0 Å². The smallest absolute Gasteiger partial charge is 0.0678 e. The van der Waals surface area contributed by atoms with E-state index >= 15 is 0 Å². The first-order valence-corrected chi connectivity index (χ1v) is 5.33. The summed E-state index contributed by atoms with van der Waals surface area (Å²) >= 11 is 7.89. The minimum atomic E-state index is 0.245. The van der Waals surface area contributed by atoms with Gasteiger partial charge in [0.25, 0.3) is 0 Å². The molecular formula is C9H13ClS. The second kappa shape index (κ2) is 4.78. The molecule has 0 spiro atoms. The van der Waals surface area contributed by atoms with Gasteiger partial charge in [-0.1, -0.05) is 25.8 Å². The van der Waals surface area contributed by atoms with E-state index in [4.69, 9.17) is 11.6 Å². The molecule has 62 valence electrons. The van der Waals surface area contributed by atoms with Crippen LogP contribution in [-0.4, -0.2) is 0 Å². The Bertz CT molecular complexity index is 181. The van der Waals surface area contributed by atoms with E-state index < -0.39 is 0 Å². The van der Waals surface area contributed by atoms with Gasteiger partial charge < -0.3 is 0 Å². The van der Waals surface area contributed by atoms with Crippen LogP contribution in [0.5, 0.6) is 0 Å². The third-order valence-electron chi connectivity index (χ3n) is 1.66. The van der Waals surface area contributed by atoms with Crippen molar-refractivity contribution in [2.45, 2.75) is 31.6 Å². The molecule has 11 heavy (non-hydrogen) atoms. The second-order valence-corrected chi connectivity index (χ2v) is 4.13. The molecule has 0 nitrogen and oxygen atoms in total. The van der Waals surface area contributed by atoms with Crippen molar-refractivity contribution in [3.05, 3.63) is 22.4 Å². The number of thiophene rings is 1. The standard InChI is InChI=1S/C9H13ClS/c1-2-3-5-8(10)9-6-4-7-11-9/h4,6-8H,2-3,5H2,1H3. The van der Waals surface area contributed by atoms with Crippen molar-refractivity contribution < 1.29 is 0 Å². The maximum Gasteiger partial charge on any atom is 0.0678 e. The van der Waals surface area contributed by atoms with Gasteiger partial charge in [-0.15, -0.1) is 22.9 Å². The molecule has 1 atom stereocenters. The van der Waals surface area contributed by atoms with E-state index in [0.29, 0.717) is 0 Å². The monoisotopic (exact) mass is 188 g/mol. The van der Waals surface area contributed by atoms with Gasteiger partial charge in [-0.2, -0.15) is 0 Å². The van der Waals surface area contributed by atoms with Crippen molar-refractivity contribution in [2.24, 2.45) is 0 Å². The lowest BCUT2D eigenvalue weighted by Gasteiger charge is -2.04. The number of hydrogen-bond acceptors (Lipinski definition) is 1. The van der Waals surface area contributed by atoms with Crippen LogP contribution in [0, 0.1) is 0 Å². The van der Waals surface area contributed by atoms with Crippen LogP contribution in [0.1, 0.15) is 36.4 Å². The molecule has 0 aliphatic heterocycles. The molecule has 1 unspecified atom stereocenters. The molecule has 0 radical (unpaired) electrons. The average molecular weight is 189 g/mol. The van der Waals surface area contributed by atoms with Gasteiger partial charge in [0, 0.05) is 4.88 Å². The highest BCUT2D eigenvalue weighted by molar-refractivity contribution is 7.10. The Morgan fingerprint density at radius 1 is 1.64 bits per heavy atom. The van der Waals surface area contributed by atoms with E-state index in [1.165, 1.54) is 17.7 Å². The predicted octanol–water partition coefficient (Wildman–Crippen LogP) is 4.22. The summed E-state index contributed by atoms with van der Waals surface area (Å²) in [6.45, 7) is 2.19. The van der Waals surface area contributed by atoms with E-state index in [1.807, 2.05) is 0 Å². The molecule has 1 heterocycles. The van der Waals surface area contributed by atoms with Gasteiger partial charge in [0.15, 0.2) is 0 Å². The van der Waals surface area contributed by atoms with Crippen molar-refractivity contribution in [2.75, 3.05) is 0 Å². The summed E-state index contributed by atoms with van der Waals surface area (Å²) < 4.78 is 0. The zero-order valence-electron chi connectivity index (χ0n) is 6.72. The fourth-order valence-corrected chi connectivity index (χ4v) is 2.11. The number of unbranched alkanes of at least 4 members (excludes halogenated alkanes) is 1. The summed E-state index contributed by atoms with van der Waals surface area (Å²) in [6.07, 6.45) is 3.57. The van der Waals surface area contributed by atoms with Crippen molar-refractivity contribution in [3.63, 3.8) is 0 Å². The first-order chi connectivity index (χ1) is 5.34. The predicted molar refractivity (Wildman–Crippen MR) is 52.4 cm³/mol. The van der Waals surface area contributed by atoms with Crippen molar-refractivity contribution >= 4 is 22.9 Å². The Balaban J connectivity index is 2.36. The lowest BCUT2D eigenvalue weighted by atomic mass is 10.2. The molecule has 0 N–H and O–H groups in total. The van der Waals surface area contributed by atoms with E-state index in [9.17, 15) is 0 Å². The largest absolute Gasteiger partial charge is 0.147 e. The molecule has 2 heteroatoms. The van der Waals surface area contributed by atoms with Gasteiger partial charge >= 0.3 is 0 Å². The fourth-order valence-electron chi connectivity index (χ4n) is 0.995. The Morgan fingerprint density at radius 3 is 3.00 bits per heavy atom. The van der Waals surface area contributed by atoms with Gasteiger partial charge in [0.2, 0.25) is 0 Å². The molecule has 1 rings (SSSR count). The van der Waals surface area contributed by atoms with Crippen LogP contribution < -0.4 is 0 Å². The van der Waals surface area contributed by atoms with Gasteiger partial charge in [-0.25, -0.2) is 0 Å². The molecule has 0 aliphatic carbocycles. The Hall–Kier alpha value is -0.0100. The molecule has 0 saturated heterocycles. The summed E-state index contributed by atoms with van der Waals surface area (Å²) in [5.74, 6) is 0. The van der Waals surface area contributed by atoms with Crippen LogP contribution in [0.15, 0.2) is 17.5 Å². The van der Waals surface area contributed by atoms with E-state index in [2.05, 4.69) is 24.4 Å². The third-order valence-corrected chi connectivity index (χ3v) is 3.23. The molecule has 0 amide bonds. The molecule has 1 aromatic heterocycles. The summed E-state index contributed by atoms with van der Waals surface area (Å²) in [6, 6.07) is 4.17. The Labute approximate surface area is 77.2 Å². The highest BCUT2D eigenvalue weighted by atomic mass is 35.5. The van der Waals surface area contributed by atoms with Gasteiger partial charge in [-0.3, -0.25) is 0 Å². The minimum absolute atomic E-state index is 0.245. The SMILES string of the molecule is CCCCC(Cl)c1cccs1. The highest BCUT2D eigenvalue weighted by Gasteiger charge is 2.06. The Morgan fingerprint density at radius 2 is 2.45 bits per heavy atom. The first-order valence-electron chi connectivity index (χ1n) is 4.02. The minimum Gasteiger partial charge on any atom is -0.147 e. The summed E-state index contributed by atoms with van der Waals surface area (Å²) in [5.41, 5.74) is 0. The summed E-state index contributed by atoms with van der Waals surface area (Å²) in [5, 5.41) is 2.33. The quantitative estimate of drug-likeness (QED) is 0.621. The van der Waals surface area contributed by atoms with Crippen LogP contribution in [0.3, 0.4) is 0 Å². The number of rotatable bonds is 4. The first kappa shape index (κ1) is 9.08. The van der Waals surface area contributed by atoms with E-state index in [-0.39, 0.29) is 5.38 Å². The van der Waals surface area contributed by atoms with E-state index in [1.54, 1.807) is 11.3 Å². The topological polar surface area (TPSA) is 0 Å². The van der Waals surface area contributed by atoms with Gasteiger partial charge in [0.1, 0.15) is 0 Å². The number of hydrogen-bond donors (Lipinski definition) is 0. The molecule has 0 bridgehead atoms. The number of alkyl halides is 1. The van der Waals surface area contributed by atoms with Crippen molar-refractivity contribution in [3.8, 4) is 0 Å². The van der Waals surface area contributed by atoms with E-state index in [0.717, 1.165) is 6.42 Å². The van der Waals surface area contributed by atoms with Crippen LogP contribution in [-0.2, 0) is 0 Å². The molecule has 0 saturated carbocycles. The zero-order chi connectivity index (χ0) is 8.10. The van der Waals surface area contributed by atoms with Gasteiger partial charge in [0.05, 0.1) is 5.38 Å². The average Bonchev–Trinajstić information content (AvgIpc) is 2.52. The lowest BCUT2D eigenvalue weighted by molar-refractivity contribution is 0.707. The maximum atomic E-state index is 6.14. The summed E-state index contributed by atoms with van der Waals surface area (Å²) in [4.78, 5) is 1.31. The molecule has 1 aromatic rings. The molecular weight excluding hydrogens is 176 g/mol. The molecule has 0 aromatic carbocycles. The lowest BCUT2D eigenvalue weighted by Crippen LogP contribution is -1.85. The third kappa shape index (κ3) is 2.84. The van der Waals surface area contributed by atoms with Crippen molar-refractivity contribution in [1.29, 1.82) is 0 Å². The van der Waals surface area contributed by atoms with Crippen molar-refractivity contribution in [1.82, 2.24) is 0 Å². The number of halogens is 1. The highest BCUT2D eigenvalue weighted by Crippen LogP contribution is 2.29. The second-order valence-electron chi connectivity index (χ2n) is 2.63. The molecule has 0 aliphatic rings. The zero-order valence-corrected chi connectivity index (χ0v) is 8.29. The fraction of sp³-hybridized carbons (Fsp3) is 0.556. The van der Waals surface area contributed by atoms with Crippen LogP contribution in [0.4, 0.5) is 0 Å². The van der Waals surface area contributed by atoms with Crippen LogP contribution >= 0.6 is 22.9 Å².